The maximum absolute atomic E-state index is 10.6. The fourth-order valence-corrected chi connectivity index (χ4v) is 3.61. The molecule has 3 aromatic rings. The van der Waals surface area contributed by atoms with Gasteiger partial charge in [-0.15, -0.1) is 0 Å². The molecule has 0 fully saturated rings. The van der Waals surface area contributed by atoms with Gasteiger partial charge in [-0.1, -0.05) is 87.2 Å². The smallest absolute Gasteiger partial charge is 0.120 e. The van der Waals surface area contributed by atoms with E-state index in [0.29, 0.717) is 0 Å². The van der Waals surface area contributed by atoms with E-state index in [-0.39, 0.29) is 5.75 Å². The monoisotopic (exact) mass is 329 g/mol. The molecule has 4 rings (SSSR count). The Morgan fingerprint density at radius 2 is 1.32 bits per heavy atom. The molecule has 0 bridgehead atoms. The predicted octanol–water partition coefficient (Wildman–Crippen LogP) is 5.69. The van der Waals surface area contributed by atoms with Crippen molar-refractivity contribution in [3.8, 4) is 5.75 Å². The molecule has 0 spiro atoms. The molecule has 126 valence electrons. The first-order valence-corrected chi connectivity index (χ1v) is 8.64. The number of aromatic hydroxyl groups is 1. The molecular formula is C23H23NO. The number of phenols is 1. The van der Waals surface area contributed by atoms with E-state index in [0.717, 1.165) is 28.1 Å². The Morgan fingerprint density at radius 1 is 0.760 bits per heavy atom. The Kier molecular flexibility index (Phi) is 4.62. The topological polar surface area (TPSA) is 32.3 Å². The van der Waals surface area contributed by atoms with Crippen molar-refractivity contribution in [2.75, 3.05) is 5.32 Å². The minimum absolute atomic E-state index is 0.274. The first-order valence-electron chi connectivity index (χ1n) is 8.64. The van der Waals surface area contributed by atoms with Gasteiger partial charge in [-0.3, -0.25) is 0 Å². The van der Waals surface area contributed by atoms with E-state index < -0.39 is 5.41 Å². The maximum atomic E-state index is 10.6. The zero-order chi connectivity index (χ0) is 17.9. The van der Waals surface area contributed by atoms with E-state index in [2.05, 4.69) is 30.1 Å². The molecule has 1 heterocycles. The van der Waals surface area contributed by atoms with Crippen LogP contribution in [-0.2, 0) is 5.41 Å². The lowest BCUT2D eigenvalue weighted by atomic mass is 9.69. The first kappa shape index (κ1) is 16.8. The summed E-state index contributed by atoms with van der Waals surface area (Å²) in [6.07, 6.45) is 0. The lowest BCUT2D eigenvalue weighted by molar-refractivity contribution is 0.461. The average molecular weight is 329 g/mol. The summed E-state index contributed by atoms with van der Waals surface area (Å²) in [6.45, 7) is 8.29. The summed E-state index contributed by atoms with van der Waals surface area (Å²) in [7, 11) is 0. The second kappa shape index (κ2) is 6.86. The van der Waals surface area contributed by atoms with Gasteiger partial charge in [-0.05, 0) is 23.3 Å². The Morgan fingerprint density at radius 3 is 2.00 bits per heavy atom. The van der Waals surface area contributed by atoms with Crippen molar-refractivity contribution < 1.29 is 5.11 Å². The van der Waals surface area contributed by atoms with Gasteiger partial charge in [0.2, 0.25) is 0 Å². The Bertz CT molecular complexity index is 885. The van der Waals surface area contributed by atoms with Crippen molar-refractivity contribution >= 4 is 5.69 Å². The zero-order valence-electron chi connectivity index (χ0n) is 14.7. The quantitative estimate of drug-likeness (QED) is 0.633. The molecular weight excluding hydrogens is 306 g/mol. The van der Waals surface area contributed by atoms with E-state index in [9.17, 15) is 5.11 Å². The Balaban J connectivity index is 0.000000880. The standard InChI is InChI=1S/C21H17NO.C2H6/c1-15-21(16-9-3-2-4-10-16,18-12-6-8-14-20(18)23)17-11-5-7-13-19(17)22-15;1-2/h2-14,22-23H,1H2;1-2H3. The molecule has 25 heavy (non-hydrogen) atoms. The van der Waals surface area contributed by atoms with Crippen LogP contribution in [0.1, 0.15) is 30.5 Å². The van der Waals surface area contributed by atoms with Crippen molar-refractivity contribution in [2.24, 2.45) is 0 Å². The largest absolute Gasteiger partial charge is 0.508 e. The molecule has 2 heteroatoms. The second-order valence-corrected chi connectivity index (χ2v) is 5.78. The van der Waals surface area contributed by atoms with Crippen LogP contribution in [0.25, 0.3) is 0 Å². The molecule has 2 N–H and O–H groups in total. The fraction of sp³-hybridized carbons (Fsp3) is 0.130. The van der Waals surface area contributed by atoms with E-state index in [1.807, 2.05) is 68.4 Å². The van der Waals surface area contributed by atoms with Crippen LogP contribution in [-0.4, -0.2) is 5.11 Å². The number of allylic oxidation sites excluding steroid dienone is 1. The number of para-hydroxylation sites is 2. The number of fused-ring (bicyclic) bond motifs is 1. The minimum atomic E-state index is -0.594. The minimum Gasteiger partial charge on any atom is -0.508 e. The van der Waals surface area contributed by atoms with Gasteiger partial charge in [0.15, 0.2) is 0 Å². The molecule has 1 unspecified atom stereocenters. The maximum Gasteiger partial charge on any atom is 0.120 e. The van der Waals surface area contributed by atoms with Crippen molar-refractivity contribution in [3.05, 3.63) is 108 Å². The van der Waals surface area contributed by atoms with Gasteiger partial charge in [0.25, 0.3) is 0 Å². The highest BCUT2D eigenvalue weighted by atomic mass is 16.3. The van der Waals surface area contributed by atoms with Gasteiger partial charge in [0.1, 0.15) is 5.75 Å². The third-order valence-electron chi connectivity index (χ3n) is 4.58. The normalized spacial score (nSPS) is 17.9. The number of hydrogen-bond donors (Lipinski definition) is 2. The molecule has 0 saturated heterocycles. The van der Waals surface area contributed by atoms with Crippen molar-refractivity contribution in [2.45, 2.75) is 19.3 Å². The van der Waals surface area contributed by atoms with Crippen LogP contribution in [0.15, 0.2) is 91.1 Å². The number of anilines is 1. The van der Waals surface area contributed by atoms with E-state index in [1.54, 1.807) is 6.07 Å². The fourth-order valence-electron chi connectivity index (χ4n) is 3.61. The molecule has 0 radical (unpaired) electrons. The summed E-state index contributed by atoms with van der Waals surface area (Å²) in [5.41, 5.74) is 4.33. The lowest BCUT2D eigenvalue weighted by Crippen LogP contribution is -2.29. The van der Waals surface area contributed by atoms with Crippen molar-refractivity contribution in [1.82, 2.24) is 0 Å². The molecule has 0 aromatic heterocycles. The summed E-state index contributed by atoms with van der Waals surface area (Å²) in [5.74, 6) is 0.274. The molecule has 1 atom stereocenters. The molecule has 1 aliphatic heterocycles. The van der Waals surface area contributed by atoms with E-state index >= 15 is 0 Å². The third kappa shape index (κ3) is 2.51. The van der Waals surface area contributed by atoms with Gasteiger partial charge in [-0.25, -0.2) is 0 Å². The summed E-state index contributed by atoms with van der Waals surface area (Å²) < 4.78 is 0. The van der Waals surface area contributed by atoms with Gasteiger partial charge >= 0.3 is 0 Å². The zero-order valence-corrected chi connectivity index (χ0v) is 14.7. The number of benzene rings is 3. The van der Waals surface area contributed by atoms with Crippen LogP contribution < -0.4 is 5.32 Å². The average Bonchev–Trinajstić information content (AvgIpc) is 2.97. The van der Waals surface area contributed by atoms with E-state index in [4.69, 9.17) is 0 Å². The van der Waals surface area contributed by atoms with Crippen LogP contribution in [0.4, 0.5) is 5.69 Å². The Hall–Kier alpha value is -3.00. The van der Waals surface area contributed by atoms with Crippen molar-refractivity contribution in [3.63, 3.8) is 0 Å². The van der Waals surface area contributed by atoms with Gasteiger partial charge in [-0.2, -0.15) is 0 Å². The summed E-state index contributed by atoms with van der Waals surface area (Å²) in [4.78, 5) is 0. The number of rotatable bonds is 2. The molecule has 1 aliphatic rings. The van der Waals surface area contributed by atoms with Gasteiger partial charge in [0, 0.05) is 16.9 Å². The highest BCUT2D eigenvalue weighted by molar-refractivity contribution is 5.77. The number of phenolic OH excluding ortho intramolecular Hbond substituents is 1. The molecule has 2 nitrogen and oxygen atoms in total. The van der Waals surface area contributed by atoms with Gasteiger partial charge < -0.3 is 10.4 Å². The molecule has 0 saturated carbocycles. The van der Waals surface area contributed by atoms with E-state index in [1.165, 1.54) is 0 Å². The molecule has 3 aromatic carbocycles. The van der Waals surface area contributed by atoms with Crippen LogP contribution >= 0.6 is 0 Å². The summed E-state index contributed by atoms with van der Waals surface area (Å²) >= 11 is 0. The van der Waals surface area contributed by atoms with Crippen LogP contribution in [0, 0.1) is 0 Å². The highest BCUT2D eigenvalue weighted by Crippen LogP contribution is 2.53. The molecule has 0 aliphatic carbocycles. The van der Waals surface area contributed by atoms with Gasteiger partial charge in [0.05, 0.1) is 5.41 Å². The predicted molar refractivity (Wildman–Crippen MR) is 105 cm³/mol. The lowest BCUT2D eigenvalue weighted by Gasteiger charge is -2.32. The highest BCUT2D eigenvalue weighted by Gasteiger charge is 2.46. The SMILES string of the molecule is C=C1Nc2ccccc2C1(c1ccccc1)c1ccccc1O.CC. The van der Waals surface area contributed by atoms with Crippen LogP contribution in [0.5, 0.6) is 5.75 Å². The number of nitrogens with one attached hydrogen (secondary N) is 1. The summed E-state index contributed by atoms with van der Waals surface area (Å²) in [6, 6.07) is 25.9. The van der Waals surface area contributed by atoms with Crippen LogP contribution in [0.2, 0.25) is 0 Å². The summed E-state index contributed by atoms with van der Waals surface area (Å²) in [5, 5.41) is 14.0. The first-order chi connectivity index (χ1) is 12.2. The number of hydrogen-bond acceptors (Lipinski definition) is 2. The van der Waals surface area contributed by atoms with Crippen molar-refractivity contribution in [1.29, 1.82) is 0 Å². The van der Waals surface area contributed by atoms with Crippen LogP contribution in [0.3, 0.4) is 0 Å². The Labute approximate surface area is 149 Å². The second-order valence-electron chi connectivity index (χ2n) is 5.78. The molecule has 0 amide bonds. The third-order valence-corrected chi connectivity index (χ3v) is 4.58.